The topological polar surface area (TPSA) is 292 Å². The van der Waals surface area contributed by atoms with Gasteiger partial charge in [0.05, 0.1) is 24.0 Å². The fourth-order valence-electron chi connectivity index (χ4n) is 7.58. The van der Waals surface area contributed by atoms with Gasteiger partial charge in [-0.3, -0.25) is 42.9 Å². The molecule has 0 spiro atoms. The summed E-state index contributed by atoms with van der Waals surface area (Å²) in [4.78, 5) is 126. The van der Waals surface area contributed by atoms with Gasteiger partial charge in [-0.15, -0.1) is 0 Å². The number of nitrogens with one attached hydrogen (secondary N) is 6. The van der Waals surface area contributed by atoms with E-state index in [0.717, 1.165) is 0 Å². The maximum absolute atomic E-state index is 14.6. The third kappa shape index (κ3) is 13.7. The highest BCUT2D eigenvalue weighted by molar-refractivity contribution is 5.99. The Labute approximate surface area is 371 Å². The lowest BCUT2D eigenvalue weighted by molar-refractivity contribution is -0.143. The molecule has 3 heterocycles. The molecule has 64 heavy (non-hydrogen) atoms. The Balaban J connectivity index is 1.79. The van der Waals surface area contributed by atoms with Crippen molar-refractivity contribution in [1.82, 2.24) is 41.4 Å². The molecule has 0 radical (unpaired) electrons. The van der Waals surface area contributed by atoms with Gasteiger partial charge in [0.2, 0.25) is 41.4 Å². The summed E-state index contributed by atoms with van der Waals surface area (Å²) < 4.78 is 6.95. The molecule has 2 saturated heterocycles. The van der Waals surface area contributed by atoms with Crippen LogP contribution < -0.4 is 31.9 Å². The number of carbonyl (C=O) groups is 9. The van der Waals surface area contributed by atoms with Crippen molar-refractivity contribution >= 4 is 64.1 Å². The van der Waals surface area contributed by atoms with Crippen LogP contribution in [0.1, 0.15) is 98.5 Å². The van der Waals surface area contributed by atoms with Crippen LogP contribution in [0.15, 0.2) is 35.6 Å². The fourth-order valence-corrected chi connectivity index (χ4v) is 7.58. The minimum atomic E-state index is -1.44. The maximum Gasteiger partial charge on any atom is 0.419 e. The molecule has 2 aromatic rings. The highest BCUT2D eigenvalue weighted by atomic mass is 16.6. The molecule has 1 aromatic carbocycles. The average molecular weight is 892 g/mol. The van der Waals surface area contributed by atoms with Gasteiger partial charge in [0.25, 0.3) is 0 Å². The molecular weight excluding hydrogens is 831 g/mol. The molecule has 0 unspecified atom stereocenters. The highest BCUT2D eigenvalue weighted by Gasteiger charge is 2.44. The first-order chi connectivity index (χ1) is 30.3. The number of rotatable bonds is 8. The molecule has 0 bridgehead atoms. The normalized spacial score (nSPS) is 24.1. The lowest BCUT2D eigenvalue weighted by Gasteiger charge is -2.33. The molecule has 348 valence electrons. The van der Waals surface area contributed by atoms with E-state index in [1.165, 1.54) is 29.6 Å². The smallest absolute Gasteiger partial charge is 0.419 e. The van der Waals surface area contributed by atoms with Crippen molar-refractivity contribution in [2.24, 2.45) is 11.0 Å². The first-order valence-corrected chi connectivity index (χ1v) is 21.6. The summed E-state index contributed by atoms with van der Waals surface area (Å²) in [6.45, 7) is 9.92. The number of amides is 7. The Morgan fingerprint density at radius 1 is 0.953 bits per heavy atom. The molecule has 2 aliphatic rings. The van der Waals surface area contributed by atoms with Crippen LogP contribution >= 0.6 is 0 Å². The summed E-state index contributed by atoms with van der Waals surface area (Å²) in [5.41, 5.74) is 9.49. The first kappa shape index (κ1) is 50.1. The molecule has 0 saturated carbocycles. The van der Waals surface area contributed by atoms with E-state index in [2.05, 4.69) is 41.9 Å². The number of ether oxygens (including phenoxy) is 1. The van der Waals surface area contributed by atoms with Crippen molar-refractivity contribution in [3.8, 4) is 0 Å². The number of carbonyl (C=O) groups excluding carboxylic acids is 9. The van der Waals surface area contributed by atoms with Crippen molar-refractivity contribution < 1.29 is 47.9 Å². The second kappa shape index (κ2) is 22.7. The van der Waals surface area contributed by atoms with Gasteiger partial charge in [-0.25, -0.2) is 4.79 Å². The molecule has 7 atom stereocenters. The molecule has 6 N–H and O–H groups in total. The zero-order chi connectivity index (χ0) is 47.3. The van der Waals surface area contributed by atoms with Crippen LogP contribution in [0.5, 0.6) is 0 Å². The van der Waals surface area contributed by atoms with Crippen LogP contribution in [0.4, 0.5) is 4.79 Å². The summed E-state index contributed by atoms with van der Waals surface area (Å²) in [7, 11) is 1.35. The van der Waals surface area contributed by atoms with Gasteiger partial charge in [-0.1, -0.05) is 43.6 Å². The number of benzene rings is 1. The number of nitrogens with zero attached hydrogens (tertiary/aromatic N) is 5. The van der Waals surface area contributed by atoms with Gasteiger partial charge in [0.15, 0.2) is 5.78 Å². The van der Waals surface area contributed by atoms with Gasteiger partial charge in [-0.2, -0.15) is 0 Å². The minimum Gasteiger partial charge on any atom is -0.443 e. The molecule has 2 aliphatic heterocycles. The van der Waals surface area contributed by atoms with Gasteiger partial charge < -0.3 is 41.5 Å². The highest BCUT2D eigenvalue weighted by Crippen LogP contribution is 2.27. The Morgan fingerprint density at radius 3 is 2.30 bits per heavy atom. The quantitative estimate of drug-likeness (QED) is 0.127. The van der Waals surface area contributed by atoms with Crippen molar-refractivity contribution in [2.45, 2.75) is 141 Å². The average Bonchev–Trinajstić information content (AvgIpc) is 3.84. The second-order valence-electron chi connectivity index (χ2n) is 17.3. The zero-order valence-electron chi connectivity index (χ0n) is 37.5. The summed E-state index contributed by atoms with van der Waals surface area (Å²) >= 11 is 0. The zero-order valence-corrected chi connectivity index (χ0v) is 37.5. The largest absolute Gasteiger partial charge is 0.443 e. The molecule has 2 fully saturated rings. The van der Waals surface area contributed by atoms with Crippen LogP contribution in [-0.2, 0) is 49.5 Å². The lowest BCUT2D eigenvalue weighted by Crippen LogP contribution is -2.60. The predicted octanol–water partition coefficient (Wildman–Crippen LogP) is 2.04. The van der Waals surface area contributed by atoms with E-state index >= 15 is 0 Å². The van der Waals surface area contributed by atoms with E-state index < -0.39 is 102 Å². The summed E-state index contributed by atoms with van der Waals surface area (Å²) in [5, 5.41) is 20.2. The van der Waals surface area contributed by atoms with Crippen LogP contribution in [0.25, 0.3) is 21.3 Å². The van der Waals surface area contributed by atoms with Gasteiger partial charge >= 0.3 is 6.09 Å². The SMILES string of the molecule is CC[C@H](C)[C@@H]1NC(=O)[C@H](CC(=O)NC)NC(=O)CCC(=O)NCCCC[C@@H](C(C)=O)NC(=O)[C@H](Cc2cn(C(=O)OC(C)(C)C)c3ccccc23)NC(=O)[C@@H]2C[C@H](N=[N+]=[N-])CN2C1=O. The molecule has 21 heteroatoms. The van der Waals surface area contributed by atoms with E-state index in [9.17, 15) is 48.7 Å². The minimum absolute atomic E-state index is 0.146. The molecular formula is C43H61N11O10. The maximum atomic E-state index is 14.6. The number of Topliss-reactive ketones (excluding diaryl/α,β-unsaturated/α-hetero) is 1. The number of hydrogen-bond donors (Lipinski definition) is 6. The van der Waals surface area contributed by atoms with Crippen LogP contribution in [-0.4, -0.2) is 125 Å². The fraction of sp³-hybridized carbons (Fsp3) is 0.605. The number of fused-ring (bicyclic) bond motifs is 2. The standard InChI is InChI=1S/C43H61N11O10/c1-8-24(2)37-41(62)53-23-27(51-52-44)20-33(53)40(61)49-30(19-26-22-54(42(63)64-43(4,5)6)32-15-10-9-13-28(26)32)38(59)48-29(25(3)55)14-11-12-18-46-34(56)16-17-35(57)47-31(39(60)50-37)21-36(58)45-7/h9-10,13,15,22,24,27,29-31,33,37H,8,11-12,14,16-21,23H2,1-7H3,(H,45,58)(H,46,56)(H,47,57)(H,48,59)(H,49,61)(H,50,60)/t24-,27-,29-,30-,31-,33-,37-/m0/s1. The molecule has 21 nitrogen and oxygen atoms in total. The Morgan fingerprint density at radius 2 is 1.64 bits per heavy atom. The van der Waals surface area contributed by atoms with Crippen LogP contribution in [0.3, 0.4) is 0 Å². The third-order valence-electron chi connectivity index (χ3n) is 11.2. The van der Waals surface area contributed by atoms with Crippen molar-refractivity contribution in [2.75, 3.05) is 20.1 Å². The Hall–Kier alpha value is -6.50. The first-order valence-electron chi connectivity index (χ1n) is 21.6. The third-order valence-corrected chi connectivity index (χ3v) is 11.2. The summed E-state index contributed by atoms with van der Waals surface area (Å²) in [6.07, 6.45) is 0.806. The van der Waals surface area contributed by atoms with Gasteiger partial charge in [0.1, 0.15) is 29.8 Å². The monoisotopic (exact) mass is 891 g/mol. The number of ketones is 1. The van der Waals surface area contributed by atoms with Crippen molar-refractivity contribution in [3.63, 3.8) is 0 Å². The van der Waals surface area contributed by atoms with E-state index in [4.69, 9.17) is 4.74 Å². The summed E-state index contributed by atoms with van der Waals surface area (Å²) in [6, 6.07) is -0.393. The van der Waals surface area contributed by atoms with E-state index in [1.807, 2.05) is 0 Å². The van der Waals surface area contributed by atoms with Gasteiger partial charge in [0, 0.05) is 55.9 Å². The van der Waals surface area contributed by atoms with E-state index in [0.29, 0.717) is 35.7 Å². The Kier molecular flexibility index (Phi) is 17.8. The van der Waals surface area contributed by atoms with Crippen LogP contribution in [0, 0.1) is 5.92 Å². The van der Waals surface area contributed by atoms with Crippen LogP contribution in [0.2, 0.25) is 0 Å². The molecule has 1 aromatic heterocycles. The van der Waals surface area contributed by atoms with Crippen molar-refractivity contribution in [1.29, 1.82) is 0 Å². The van der Waals surface area contributed by atoms with Crippen molar-refractivity contribution in [3.05, 3.63) is 46.5 Å². The Bertz CT molecular complexity index is 2140. The van der Waals surface area contributed by atoms with Gasteiger partial charge in [-0.05, 0) is 76.5 Å². The number of azide groups is 1. The second-order valence-corrected chi connectivity index (χ2v) is 17.3. The number of aromatic nitrogens is 1. The molecule has 0 aliphatic carbocycles. The number of para-hydroxylation sites is 1. The summed E-state index contributed by atoms with van der Waals surface area (Å²) in [5.74, 6) is -5.78. The van der Waals surface area contributed by atoms with E-state index in [-0.39, 0.29) is 51.0 Å². The number of hydrogen-bond acceptors (Lipinski definition) is 11. The molecule has 7 amide bonds. The van der Waals surface area contributed by atoms with E-state index in [1.54, 1.807) is 58.9 Å². The predicted molar refractivity (Wildman–Crippen MR) is 233 cm³/mol. The lowest BCUT2D eigenvalue weighted by atomic mass is 9.96. The molecule has 4 rings (SSSR count).